The molecule has 3 atom stereocenters. The molecule has 0 bridgehead atoms. The number of amides is 1. The van der Waals surface area contributed by atoms with Crippen molar-refractivity contribution < 1.29 is 28.2 Å². The van der Waals surface area contributed by atoms with E-state index in [1.807, 2.05) is 38.1 Å². The molecule has 8 heteroatoms. The number of methoxy groups -OCH3 is 1. The topological polar surface area (TPSA) is 87.7 Å². The van der Waals surface area contributed by atoms with Crippen molar-refractivity contribution in [2.75, 3.05) is 13.7 Å². The first-order valence-corrected chi connectivity index (χ1v) is 10.9. The molecule has 0 unspecified atom stereocenters. The second-order valence-corrected chi connectivity index (χ2v) is 8.38. The minimum Gasteiger partial charge on any atom is -0.469 e. The molecule has 2 aromatic carbocycles. The van der Waals surface area contributed by atoms with Gasteiger partial charge in [0.1, 0.15) is 11.6 Å². The lowest BCUT2D eigenvalue weighted by atomic mass is 9.86. The van der Waals surface area contributed by atoms with Crippen molar-refractivity contribution in [3.63, 3.8) is 0 Å². The number of aryl methyl sites for hydroxylation is 1. The third kappa shape index (κ3) is 7.91. The number of halogens is 2. The highest BCUT2D eigenvalue weighted by atomic mass is 19.1. The molecule has 0 aliphatic carbocycles. The number of rotatable bonds is 11. The van der Waals surface area contributed by atoms with Gasteiger partial charge >= 0.3 is 5.97 Å². The molecular weight excluding hydrogens is 430 g/mol. The van der Waals surface area contributed by atoms with E-state index in [-0.39, 0.29) is 25.3 Å². The third-order valence-corrected chi connectivity index (χ3v) is 5.63. The molecule has 2 rings (SSSR count). The summed E-state index contributed by atoms with van der Waals surface area (Å²) in [5.41, 5.74) is 1.39. The maximum Gasteiger partial charge on any atom is 0.307 e. The number of benzene rings is 2. The summed E-state index contributed by atoms with van der Waals surface area (Å²) >= 11 is 0. The molecule has 0 spiro atoms. The van der Waals surface area contributed by atoms with Gasteiger partial charge in [0.2, 0.25) is 5.91 Å². The van der Waals surface area contributed by atoms with Crippen LogP contribution in [0.25, 0.3) is 0 Å². The van der Waals surface area contributed by atoms with Crippen molar-refractivity contribution >= 4 is 11.9 Å². The minimum absolute atomic E-state index is 0.00654. The average molecular weight is 463 g/mol. The standard InChI is InChI=1S/C25H32F2N2O4/c1-5-17-7-6-8-19(9-17)25(3,14-24(32)33-4)28-15-23(31)22(29-16(2)30)12-18-10-20(26)13-21(27)11-18/h6-11,13,22-23,28,31H,5,12,14-15H2,1-4H3,(H,29,30)/t22-,23+,25+/m0/s1. The van der Waals surface area contributed by atoms with Crippen molar-refractivity contribution in [1.29, 1.82) is 0 Å². The summed E-state index contributed by atoms with van der Waals surface area (Å²) in [6, 6.07) is 10.1. The zero-order valence-electron chi connectivity index (χ0n) is 19.5. The van der Waals surface area contributed by atoms with Gasteiger partial charge in [-0.15, -0.1) is 0 Å². The van der Waals surface area contributed by atoms with Crippen molar-refractivity contribution in [3.05, 3.63) is 70.8 Å². The Morgan fingerprint density at radius 3 is 2.36 bits per heavy atom. The number of ether oxygens (including phenoxy) is 1. The van der Waals surface area contributed by atoms with E-state index in [9.17, 15) is 23.5 Å². The molecule has 0 saturated carbocycles. The predicted molar refractivity (Wildman–Crippen MR) is 121 cm³/mol. The Morgan fingerprint density at radius 2 is 1.79 bits per heavy atom. The molecule has 0 aliphatic heterocycles. The van der Waals surface area contributed by atoms with E-state index in [1.165, 1.54) is 14.0 Å². The molecule has 0 fully saturated rings. The first kappa shape index (κ1) is 26.4. The van der Waals surface area contributed by atoms with E-state index in [0.29, 0.717) is 5.56 Å². The average Bonchev–Trinajstić information content (AvgIpc) is 2.76. The van der Waals surface area contributed by atoms with E-state index < -0.39 is 35.3 Å². The van der Waals surface area contributed by atoms with E-state index in [4.69, 9.17) is 4.74 Å². The number of carbonyl (C=O) groups is 2. The third-order valence-electron chi connectivity index (χ3n) is 5.63. The van der Waals surface area contributed by atoms with E-state index >= 15 is 0 Å². The molecule has 0 heterocycles. The molecule has 2 aromatic rings. The summed E-state index contributed by atoms with van der Waals surface area (Å²) in [4.78, 5) is 23.8. The molecular formula is C25H32F2N2O4. The molecule has 180 valence electrons. The lowest BCUT2D eigenvalue weighted by Gasteiger charge is -2.34. The number of hydrogen-bond donors (Lipinski definition) is 3. The Balaban J connectivity index is 2.24. The summed E-state index contributed by atoms with van der Waals surface area (Å²) < 4.78 is 32.1. The van der Waals surface area contributed by atoms with Gasteiger partial charge < -0.3 is 20.5 Å². The zero-order chi connectivity index (χ0) is 24.6. The maximum atomic E-state index is 13.6. The zero-order valence-corrected chi connectivity index (χ0v) is 19.5. The van der Waals surface area contributed by atoms with Crippen LogP contribution in [0.2, 0.25) is 0 Å². The summed E-state index contributed by atoms with van der Waals surface area (Å²) in [6.45, 7) is 5.17. The number of carbonyl (C=O) groups excluding carboxylic acids is 2. The quantitative estimate of drug-likeness (QED) is 0.447. The lowest BCUT2D eigenvalue weighted by molar-refractivity contribution is -0.142. The first-order valence-electron chi connectivity index (χ1n) is 10.9. The molecule has 0 saturated heterocycles. The summed E-state index contributed by atoms with van der Waals surface area (Å²) in [5, 5.41) is 16.8. The second-order valence-electron chi connectivity index (χ2n) is 8.38. The molecule has 0 aliphatic rings. The fourth-order valence-electron chi connectivity index (χ4n) is 3.76. The largest absolute Gasteiger partial charge is 0.469 e. The predicted octanol–water partition coefficient (Wildman–Crippen LogP) is 3.00. The monoisotopic (exact) mass is 462 g/mol. The molecule has 33 heavy (non-hydrogen) atoms. The van der Waals surface area contributed by atoms with Gasteiger partial charge in [0, 0.05) is 19.5 Å². The molecule has 1 amide bonds. The van der Waals surface area contributed by atoms with E-state index in [0.717, 1.165) is 35.7 Å². The Hall–Kier alpha value is -2.84. The first-order chi connectivity index (χ1) is 15.6. The summed E-state index contributed by atoms with van der Waals surface area (Å²) in [5.74, 6) is -2.28. The fraction of sp³-hybridized carbons (Fsp3) is 0.440. The maximum absolute atomic E-state index is 13.6. The van der Waals surface area contributed by atoms with Gasteiger partial charge in [-0.2, -0.15) is 0 Å². The number of nitrogens with one attached hydrogen (secondary N) is 2. The smallest absolute Gasteiger partial charge is 0.307 e. The van der Waals surface area contributed by atoms with E-state index in [1.54, 1.807) is 0 Å². The van der Waals surface area contributed by atoms with Crippen LogP contribution in [-0.2, 0) is 32.7 Å². The highest BCUT2D eigenvalue weighted by Gasteiger charge is 2.32. The molecule has 3 N–H and O–H groups in total. The van der Waals surface area contributed by atoms with Crippen molar-refractivity contribution in [3.8, 4) is 0 Å². The van der Waals surface area contributed by atoms with Crippen molar-refractivity contribution in [2.24, 2.45) is 0 Å². The van der Waals surface area contributed by atoms with Crippen LogP contribution < -0.4 is 10.6 Å². The number of aliphatic hydroxyl groups is 1. The van der Waals surface area contributed by atoms with Gasteiger partial charge in [-0.1, -0.05) is 31.2 Å². The minimum atomic E-state index is -1.11. The van der Waals surface area contributed by atoms with Crippen molar-refractivity contribution in [1.82, 2.24) is 10.6 Å². The number of hydrogen-bond acceptors (Lipinski definition) is 5. The summed E-state index contributed by atoms with van der Waals surface area (Å²) in [6.07, 6.45) is -0.245. The number of esters is 1. The Morgan fingerprint density at radius 1 is 1.12 bits per heavy atom. The fourth-order valence-corrected chi connectivity index (χ4v) is 3.76. The van der Waals surface area contributed by atoms with E-state index in [2.05, 4.69) is 10.6 Å². The molecule has 6 nitrogen and oxygen atoms in total. The van der Waals surface area contributed by atoms with Crippen LogP contribution in [-0.4, -0.2) is 42.8 Å². The lowest BCUT2D eigenvalue weighted by Crippen LogP contribution is -2.52. The highest BCUT2D eigenvalue weighted by molar-refractivity contribution is 5.73. The van der Waals surface area contributed by atoms with Crippen LogP contribution in [0.4, 0.5) is 8.78 Å². The SMILES string of the molecule is CCc1cccc([C@@](C)(CC(=O)OC)NC[C@@H](O)[C@H](Cc2cc(F)cc(F)c2)NC(C)=O)c1. The van der Waals surface area contributed by atoms with Crippen LogP contribution in [0.1, 0.15) is 43.9 Å². The highest BCUT2D eigenvalue weighted by Crippen LogP contribution is 2.26. The Kier molecular flexibility index (Phi) is 9.49. The van der Waals surface area contributed by atoms with Crippen LogP contribution in [0, 0.1) is 11.6 Å². The van der Waals surface area contributed by atoms with Gasteiger partial charge in [0.15, 0.2) is 0 Å². The molecule has 0 aromatic heterocycles. The van der Waals surface area contributed by atoms with Gasteiger partial charge in [0.05, 0.1) is 31.2 Å². The van der Waals surface area contributed by atoms with Gasteiger partial charge in [-0.3, -0.25) is 9.59 Å². The molecule has 0 radical (unpaired) electrons. The normalized spacial score (nSPS) is 14.8. The summed E-state index contributed by atoms with van der Waals surface area (Å²) in [7, 11) is 1.31. The van der Waals surface area contributed by atoms with Gasteiger partial charge in [0.25, 0.3) is 0 Å². The second kappa shape index (κ2) is 11.9. The van der Waals surface area contributed by atoms with Crippen LogP contribution in [0.5, 0.6) is 0 Å². The van der Waals surface area contributed by atoms with Crippen LogP contribution >= 0.6 is 0 Å². The van der Waals surface area contributed by atoms with Crippen LogP contribution in [0.15, 0.2) is 42.5 Å². The van der Waals surface area contributed by atoms with Gasteiger partial charge in [-0.05, 0) is 48.6 Å². The van der Waals surface area contributed by atoms with Crippen LogP contribution in [0.3, 0.4) is 0 Å². The Bertz CT molecular complexity index is 949. The number of aliphatic hydroxyl groups excluding tert-OH is 1. The van der Waals surface area contributed by atoms with Gasteiger partial charge in [-0.25, -0.2) is 8.78 Å². The van der Waals surface area contributed by atoms with Crippen molar-refractivity contribution in [2.45, 2.75) is 57.7 Å². The Labute approximate surface area is 193 Å².